The van der Waals surface area contributed by atoms with Crippen LogP contribution in [0.5, 0.6) is 0 Å². The molecule has 0 bridgehead atoms. The lowest BCUT2D eigenvalue weighted by Crippen LogP contribution is -2.68. The fourth-order valence-corrected chi connectivity index (χ4v) is 2.41. The van der Waals surface area contributed by atoms with E-state index in [1.165, 1.54) is 12.3 Å². The number of hydrogen-bond donors (Lipinski definition) is 2. The highest BCUT2D eigenvalue weighted by molar-refractivity contribution is 5.92. The molecule has 0 aromatic carbocycles. The van der Waals surface area contributed by atoms with E-state index in [9.17, 15) is 9.90 Å². The third-order valence-corrected chi connectivity index (χ3v) is 4.11. The van der Waals surface area contributed by atoms with Gasteiger partial charge in [-0.1, -0.05) is 19.0 Å². The van der Waals surface area contributed by atoms with Gasteiger partial charge >= 0.3 is 0 Å². The number of carbonyl (C=O) groups excluding carboxylic acids is 1. The number of aromatic nitrogens is 1. The van der Waals surface area contributed by atoms with Gasteiger partial charge in [-0.25, -0.2) is 0 Å². The summed E-state index contributed by atoms with van der Waals surface area (Å²) in [5.41, 5.74) is -1.13. The van der Waals surface area contributed by atoms with Crippen molar-refractivity contribution < 1.29 is 19.2 Å². The van der Waals surface area contributed by atoms with Gasteiger partial charge in [0.2, 0.25) is 0 Å². The average Bonchev–Trinajstić information content (AvgIpc) is 2.89. The predicted molar refractivity (Wildman–Crippen MR) is 67.6 cm³/mol. The number of aliphatic hydroxyl groups is 1. The van der Waals surface area contributed by atoms with E-state index in [1.807, 2.05) is 20.8 Å². The summed E-state index contributed by atoms with van der Waals surface area (Å²) in [7, 11) is 0. The molecule has 1 amide bonds. The highest BCUT2D eigenvalue weighted by Gasteiger charge is 2.59. The Morgan fingerprint density at radius 3 is 2.95 bits per heavy atom. The number of hydrogen-bond acceptors (Lipinski definition) is 5. The molecule has 1 aromatic rings. The number of nitrogens with zero attached hydrogens (tertiary/aromatic N) is 1. The molecule has 1 saturated carbocycles. The minimum Gasteiger partial charge on any atom is -0.387 e. The summed E-state index contributed by atoms with van der Waals surface area (Å²) in [6, 6.07) is 1.48. The second kappa shape index (κ2) is 4.94. The molecule has 1 aliphatic carbocycles. The van der Waals surface area contributed by atoms with Crippen molar-refractivity contribution >= 4 is 5.91 Å². The fraction of sp³-hybridized carbons (Fsp3) is 0.692. The van der Waals surface area contributed by atoms with E-state index < -0.39 is 5.60 Å². The molecule has 19 heavy (non-hydrogen) atoms. The topological polar surface area (TPSA) is 84.6 Å². The van der Waals surface area contributed by atoms with Crippen LogP contribution in [0.3, 0.4) is 0 Å². The van der Waals surface area contributed by atoms with Crippen LogP contribution in [0.4, 0.5) is 0 Å². The summed E-state index contributed by atoms with van der Waals surface area (Å²) in [5.74, 6) is -0.349. The molecule has 0 aliphatic heterocycles. The Hall–Kier alpha value is -1.40. The standard InChI is InChI=1S/C13H20N2O4/c1-4-18-10-7-13(17,12(10,2)3)8-14-11(16)9-5-6-19-15-9/h5-6,10,17H,4,7-8H2,1-3H3,(H,14,16). The smallest absolute Gasteiger partial charge is 0.273 e. The monoisotopic (exact) mass is 268 g/mol. The number of amides is 1. The molecule has 0 saturated heterocycles. The van der Waals surface area contributed by atoms with E-state index in [1.54, 1.807) is 0 Å². The van der Waals surface area contributed by atoms with Gasteiger partial charge in [-0.3, -0.25) is 4.79 Å². The van der Waals surface area contributed by atoms with Crippen molar-refractivity contribution in [2.24, 2.45) is 5.41 Å². The van der Waals surface area contributed by atoms with Crippen molar-refractivity contribution in [1.82, 2.24) is 10.5 Å². The summed E-state index contributed by atoms with van der Waals surface area (Å²) in [6.07, 6.45) is 1.88. The third-order valence-electron chi connectivity index (χ3n) is 4.11. The number of ether oxygens (including phenoxy) is 1. The molecule has 1 fully saturated rings. The minimum atomic E-state index is -0.952. The first-order valence-corrected chi connectivity index (χ1v) is 6.43. The van der Waals surface area contributed by atoms with E-state index >= 15 is 0 Å². The highest BCUT2D eigenvalue weighted by atomic mass is 16.5. The van der Waals surface area contributed by atoms with Crippen LogP contribution < -0.4 is 5.32 Å². The Morgan fingerprint density at radius 2 is 2.42 bits per heavy atom. The summed E-state index contributed by atoms with van der Waals surface area (Å²) in [4.78, 5) is 11.7. The number of rotatable bonds is 5. The lowest BCUT2D eigenvalue weighted by atomic mass is 9.56. The van der Waals surface area contributed by atoms with Gasteiger partial charge in [-0.15, -0.1) is 0 Å². The van der Waals surface area contributed by atoms with Crippen LogP contribution in [-0.2, 0) is 4.74 Å². The van der Waals surface area contributed by atoms with Crippen molar-refractivity contribution in [3.63, 3.8) is 0 Å². The van der Waals surface area contributed by atoms with Crippen LogP contribution in [0.2, 0.25) is 0 Å². The zero-order valence-corrected chi connectivity index (χ0v) is 11.5. The van der Waals surface area contributed by atoms with E-state index in [4.69, 9.17) is 4.74 Å². The van der Waals surface area contributed by atoms with Crippen molar-refractivity contribution in [3.05, 3.63) is 18.0 Å². The lowest BCUT2D eigenvalue weighted by molar-refractivity contribution is -0.237. The van der Waals surface area contributed by atoms with Gasteiger partial charge in [0.1, 0.15) is 6.26 Å². The first-order chi connectivity index (χ1) is 8.90. The molecule has 1 aromatic heterocycles. The normalized spacial score (nSPS) is 28.7. The Labute approximate surface area is 112 Å². The molecule has 2 N–H and O–H groups in total. The van der Waals surface area contributed by atoms with E-state index in [0.29, 0.717) is 13.0 Å². The van der Waals surface area contributed by atoms with E-state index in [-0.39, 0.29) is 29.7 Å². The molecule has 1 heterocycles. The van der Waals surface area contributed by atoms with Crippen LogP contribution in [0, 0.1) is 5.41 Å². The van der Waals surface area contributed by atoms with Gasteiger partial charge < -0.3 is 19.7 Å². The molecule has 0 radical (unpaired) electrons. The fourth-order valence-electron chi connectivity index (χ4n) is 2.41. The van der Waals surface area contributed by atoms with Gasteiger partial charge in [-0.2, -0.15) is 0 Å². The molecule has 0 spiro atoms. The van der Waals surface area contributed by atoms with Crippen molar-refractivity contribution in [2.75, 3.05) is 13.2 Å². The second-order valence-electron chi connectivity index (χ2n) is 5.47. The maximum absolute atomic E-state index is 11.7. The molecule has 1 aliphatic rings. The van der Waals surface area contributed by atoms with Crippen LogP contribution in [-0.4, -0.2) is 41.0 Å². The predicted octanol–water partition coefficient (Wildman–Crippen LogP) is 0.970. The Kier molecular flexibility index (Phi) is 3.64. The summed E-state index contributed by atoms with van der Waals surface area (Å²) in [6.45, 7) is 6.61. The summed E-state index contributed by atoms with van der Waals surface area (Å²) < 4.78 is 10.2. The van der Waals surface area contributed by atoms with Crippen LogP contribution in [0.25, 0.3) is 0 Å². The summed E-state index contributed by atoms with van der Waals surface area (Å²) in [5, 5.41) is 16.8. The largest absolute Gasteiger partial charge is 0.387 e. The number of carbonyl (C=O) groups is 1. The van der Waals surface area contributed by atoms with Gasteiger partial charge in [0.25, 0.3) is 5.91 Å². The minimum absolute atomic E-state index is 0.0199. The van der Waals surface area contributed by atoms with E-state index in [0.717, 1.165) is 0 Å². The molecule has 6 nitrogen and oxygen atoms in total. The van der Waals surface area contributed by atoms with Gasteiger partial charge in [0.15, 0.2) is 5.69 Å². The molecular weight excluding hydrogens is 248 g/mol. The Balaban J connectivity index is 1.91. The zero-order valence-electron chi connectivity index (χ0n) is 11.5. The quantitative estimate of drug-likeness (QED) is 0.831. The molecule has 2 unspecified atom stereocenters. The molecule has 6 heteroatoms. The van der Waals surface area contributed by atoms with Crippen LogP contribution >= 0.6 is 0 Å². The Bertz CT molecular complexity index is 444. The van der Waals surface area contributed by atoms with Crippen LogP contribution in [0.1, 0.15) is 37.7 Å². The van der Waals surface area contributed by atoms with Gasteiger partial charge in [0, 0.05) is 31.1 Å². The molecule has 2 rings (SSSR count). The maximum Gasteiger partial charge on any atom is 0.273 e. The average molecular weight is 268 g/mol. The van der Waals surface area contributed by atoms with Crippen molar-refractivity contribution in [3.8, 4) is 0 Å². The SMILES string of the molecule is CCOC1CC(O)(CNC(=O)c2ccon2)C1(C)C. The summed E-state index contributed by atoms with van der Waals surface area (Å²) >= 11 is 0. The lowest BCUT2D eigenvalue weighted by Gasteiger charge is -2.57. The zero-order chi connectivity index (χ0) is 14.1. The first-order valence-electron chi connectivity index (χ1n) is 6.43. The van der Waals surface area contributed by atoms with Gasteiger partial charge in [-0.05, 0) is 6.92 Å². The Morgan fingerprint density at radius 1 is 1.68 bits per heavy atom. The van der Waals surface area contributed by atoms with E-state index in [2.05, 4.69) is 15.0 Å². The highest BCUT2D eigenvalue weighted by Crippen LogP contribution is 2.50. The number of nitrogens with one attached hydrogen (secondary N) is 1. The second-order valence-corrected chi connectivity index (χ2v) is 5.47. The molecular formula is C13H20N2O4. The van der Waals surface area contributed by atoms with Crippen molar-refractivity contribution in [2.45, 2.75) is 38.9 Å². The van der Waals surface area contributed by atoms with Gasteiger partial charge in [0.05, 0.1) is 11.7 Å². The van der Waals surface area contributed by atoms with Crippen LogP contribution in [0.15, 0.2) is 16.9 Å². The third kappa shape index (κ3) is 2.37. The maximum atomic E-state index is 11.7. The van der Waals surface area contributed by atoms with Crippen molar-refractivity contribution in [1.29, 1.82) is 0 Å². The molecule has 2 atom stereocenters. The first kappa shape index (κ1) is 14.0. The molecule has 106 valence electrons.